The molecule has 0 bridgehead atoms. The van der Waals surface area contributed by atoms with Crippen molar-refractivity contribution in [3.8, 4) is 5.75 Å². The number of aromatic nitrogens is 1. The Labute approximate surface area is 169 Å². The first-order valence-electron chi connectivity index (χ1n) is 8.25. The van der Waals surface area contributed by atoms with Gasteiger partial charge in [-0.2, -0.15) is 13.2 Å². The molecule has 0 aliphatic heterocycles. The lowest BCUT2D eigenvalue weighted by molar-refractivity contribution is -0.274. The van der Waals surface area contributed by atoms with Gasteiger partial charge in [0.25, 0.3) is 5.91 Å². The van der Waals surface area contributed by atoms with Crippen LogP contribution in [0.25, 0.3) is 10.2 Å². The fourth-order valence-electron chi connectivity index (χ4n) is 2.75. The number of fused-ring (bicyclic) bond motifs is 1. The van der Waals surface area contributed by atoms with E-state index in [0.717, 1.165) is 18.2 Å². The van der Waals surface area contributed by atoms with Crippen molar-refractivity contribution in [3.63, 3.8) is 0 Å². The zero-order valence-electron chi connectivity index (χ0n) is 15.1. The van der Waals surface area contributed by atoms with Gasteiger partial charge < -0.3 is 15.8 Å². The minimum Gasteiger partial charge on any atom is -0.406 e. The Kier molecular flexibility index (Phi) is 5.54. The molecule has 1 aromatic carbocycles. The van der Waals surface area contributed by atoms with Gasteiger partial charge in [0.15, 0.2) is 0 Å². The van der Waals surface area contributed by atoms with Gasteiger partial charge in [0, 0.05) is 17.6 Å². The molecular formula is C18H13F6N3O2S. The van der Waals surface area contributed by atoms with Crippen molar-refractivity contribution in [2.45, 2.75) is 26.0 Å². The van der Waals surface area contributed by atoms with E-state index < -0.39 is 29.8 Å². The van der Waals surface area contributed by atoms with Gasteiger partial charge in [0.05, 0.1) is 11.3 Å². The number of pyridine rings is 1. The fraction of sp³-hybridized carbons (Fsp3) is 0.222. The average molecular weight is 449 g/mol. The van der Waals surface area contributed by atoms with Crippen molar-refractivity contribution in [3.05, 3.63) is 52.0 Å². The highest BCUT2D eigenvalue weighted by atomic mass is 32.1. The molecular weight excluding hydrogens is 436 g/mol. The second kappa shape index (κ2) is 7.67. The summed E-state index contributed by atoms with van der Waals surface area (Å²) in [5.41, 5.74) is 4.87. The summed E-state index contributed by atoms with van der Waals surface area (Å²) < 4.78 is 80.8. The van der Waals surface area contributed by atoms with Crippen LogP contribution in [0.5, 0.6) is 5.75 Å². The summed E-state index contributed by atoms with van der Waals surface area (Å²) in [5.74, 6) is -1.24. The van der Waals surface area contributed by atoms with Crippen molar-refractivity contribution in [2.24, 2.45) is 0 Å². The first kappa shape index (κ1) is 21.7. The fourth-order valence-corrected chi connectivity index (χ4v) is 3.83. The third-order valence-electron chi connectivity index (χ3n) is 3.92. The number of anilines is 1. The van der Waals surface area contributed by atoms with Gasteiger partial charge in [-0.25, -0.2) is 4.98 Å². The molecule has 0 radical (unpaired) electrons. The van der Waals surface area contributed by atoms with Crippen molar-refractivity contribution in [1.29, 1.82) is 0 Å². The molecule has 12 heteroatoms. The molecule has 0 fully saturated rings. The number of hydrogen-bond acceptors (Lipinski definition) is 5. The van der Waals surface area contributed by atoms with Crippen LogP contribution in [0.4, 0.5) is 32.0 Å². The molecule has 0 aliphatic carbocycles. The highest BCUT2D eigenvalue weighted by Gasteiger charge is 2.36. The molecule has 30 heavy (non-hydrogen) atoms. The third kappa shape index (κ3) is 4.75. The van der Waals surface area contributed by atoms with Crippen LogP contribution in [0.3, 0.4) is 0 Å². The van der Waals surface area contributed by atoms with Crippen molar-refractivity contribution < 1.29 is 35.9 Å². The minimum atomic E-state index is -4.87. The number of amides is 1. The van der Waals surface area contributed by atoms with Gasteiger partial charge in [-0.1, -0.05) is 12.1 Å². The van der Waals surface area contributed by atoms with E-state index in [1.165, 1.54) is 19.1 Å². The number of nitrogens with two attached hydrogens (primary N) is 1. The Morgan fingerprint density at radius 3 is 2.53 bits per heavy atom. The van der Waals surface area contributed by atoms with E-state index in [4.69, 9.17) is 5.73 Å². The summed E-state index contributed by atoms with van der Waals surface area (Å²) in [4.78, 5) is 16.3. The molecule has 3 N–H and O–H groups in total. The van der Waals surface area contributed by atoms with E-state index in [1.54, 1.807) is 0 Å². The topological polar surface area (TPSA) is 77.2 Å². The van der Waals surface area contributed by atoms with Crippen LogP contribution < -0.4 is 15.8 Å². The minimum absolute atomic E-state index is 0.0365. The van der Waals surface area contributed by atoms with E-state index in [2.05, 4.69) is 15.0 Å². The van der Waals surface area contributed by atoms with Gasteiger partial charge >= 0.3 is 12.5 Å². The molecule has 5 nitrogen and oxygen atoms in total. The Balaban J connectivity index is 1.85. The van der Waals surface area contributed by atoms with Crippen LogP contribution in [0.2, 0.25) is 0 Å². The summed E-state index contributed by atoms with van der Waals surface area (Å²) in [6.07, 6.45) is -9.55. The SMILES string of the molecule is Cc1cc(C(F)(F)F)c2c(N)c(C(=O)NCc3cccc(OC(F)(F)F)c3)sc2n1. The molecule has 1 amide bonds. The quantitative estimate of drug-likeness (QED) is 0.548. The molecule has 3 rings (SSSR count). The number of alkyl halides is 6. The maximum absolute atomic E-state index is 13.3. The molecule has 160 valence electrons. The molecule has 0 atom stereocenters. The lowest BCUT2D eigenvalue weighted by Crippen LogP contribution is -2.23. The van der Waals surface area contributed by atoms with Gasteiger partial charge in [-0.05, 0) is 30.7 Å². The van der Waals surface area contributed by atoms with E-state index in [0.29, 0.717) is 11.3 Å². The molecule has 2 aromatic heterocycles. The molecule has 0 spiro atoms. The monoisotopic (exact) mass is 449 g/mol. The van der Waals surface area contributed by atoms with Gasteiger partial charge in [0.1, 0.15) is 15.5 Å². The summed E-state index contributed by atoms with van der Waals surface area (Å²) in [6, 6.07) is 5.77. The second-order valence-electron chi connectivity index (χ2n) is 6.21. The summed E-state index contributed by atoms with van der Waals surface area (Å²) in [5, 5.41) is 2.07. The number of ether oxygens (including phenoxy) is 1. The molecule has 3 aromatic rings. The number of benzene rings is 1. The van der Waals surface area contributed by atoms with Crippen LogP contribution in [0, 0.1) is 6.92 Å². The summed E-state index contributed by atoms with van der Waals surface area (Å²) in [7, 11) is 0. The lowest BCUT2D eigenvalue weighted by atomic mass is 10.1. The van der Waals surface area contributed by atoms with Crippen LogP contribution >= 0.6 is 11.3 Å². The predicted octanol–water partition coefficient (Wildman–Crippen LogP) is 5.03. The molecule has 2 heterocycles. The highest BCUT2D eigenvalue weighted by Crippen LogP contribution is 2.42. The van der Waals surface area contributed by atoms with Gasteiger partial charge in [0.2, 0.25) is 0 Å². The number of nitrogens with one attached hydrogen (secondary N) is 1. The maximum Gasteiger partial charge on any atom is 0.573 e. The Morgan fingerprint density at radius 1 is 1.20 bits per heavy atom. The van der Waals surface area contributed by atoms with E-state index in [9.17, 15) is 31.1 Å². The number of carbonyl (C=O) groups excluding carboxylic acids is 1. The Morgan fingerprint density at radius 2 is 1.90 bits per heavy atom. The zero-order valence-corrected chi connectivity index (χ0v) is 15.9. The van der Waals surface area contributed by atoms with E-state index >= 15 is 0 Å². The predicted molar refractivity (Wildman–Crippen MR) is 98.1 cm³/mol. The van der Waals surface area contributed by atoms with Crippen molar-refractivity contribution >= 4 is 33.1 Å². The van der Waals surface area contributed by atoms with Gasteiger partial charge in [-0.15, -0.1) is 24.5 Å². The first-order valence-corrected chi connectivity index (χ1v) is 9.06. The standard InChI is InChI=1S/C18H13F6N3O2S/c1-8-5-11(17(19,20)21)12-13(25)14(30-16(12)27-8)15(28)26-7-9-3-2-4-10(6-9)29-18(22,23)24/h2-6H,7,25H2,1H3,(H,26,28). The Bertz CT molecular complexity index is 1110. The highest BCUT2D eigenvalue weighted by molar-refractivity contribution is 7.21. The largest absolute Gasteiger partial charge is 0.573 e. The van der Waals surface area contributed by atoms with Crippen molar-refractivity contribution in [1.82, 2.24) is 10.3 Å². The molecule has 0 unspecified atom stereocenters. The van der Waals surface area contributed by atoms with Crippen LogP contribution in [0.1, 0.15) is 26.5 Å². The smallest absolute Gasteiger partial charge is 0.406 e. The third-order valence-corrected chi connectivity index (χ3v) is 5.02. The van der Waals surface area contributed by atoms with Crippen molar-refractivity contribution in [2.75, 3.05) is 5.73 Å². The number of halogens is 6. The summed E-state index contributed by atoms with van der Waals surface area (Å²) >= 11 is 0.701. The average Bonchev–Trinajstić information content (AvgIpc) is 2.93. The molecule has 0 saturated heterocycles. The van der Waals surface area contributed by atoms with Gasteiger partial charge in [-0.3, -0.25) is 4.79 Å². The number of rotatable bonds is 4. The number of aryl methyl sites for hydroxylation is 1. The normalized spacial score (nSPS) is 12.2. The molecule has 0 saturated carbocycles. The van der Waals surface area contributed by atoms with Crippen LogP contribution in [-0.2, 0) is 12.7 Å². The number of nitrogen functional groups attached to an aromatic ring is 1. The maximum atomic E-state index is 13.3. The number of thiophene rings is 1. The zero-order chi connectivity index (χ0) is 22.3. The summed E-state index contributed by atoms with van der Waals surface area (Å²) in [6.45, 7) is 1.19. The van der Waals surface area contributed by atoms with E-state index in [1.807, 2.05) is 0 Å². The number of hydrogen-bond donors (Lipinski definition) is 2. The van der Waals surface area contributed by atoms with Crippen LogP contribution in [-0.4, -0.2) is 17.3 Å². The first-order chi connectivity index (χ1) is 13.8. The Hall–Kier alpha value is -3.02. The van der Waals surface area contributed by atoms with Crippen LogP contribution in [0.15, 0.2) is 30.3 Å². The van der Waals surface area contributed by atoms with E-state index in [-0.39, 0.29) is 38.6 Å². The number of nitrogens with zero attached hydrogens (tertiary/aromatic N) is 1. The lowest BCUT2D eigenvalue weighted by Gasteiger charge is -2.11. The number of carbonyl (C=O) groups is 1. The second-order valence-corrected chi connectivity index (χ2v) is 7.21. The molecule has 0 aliphatic rings.